The maximum atomic E-state index is 5.50. The first kappa shape index (κ1) is 8.50. The van der Waals surface area contributed by atoms with Gasteiger partial charge in [0, 0.05) is 5.33 Å². The Morgan fingerprint density at radius 1 is 1.50 bits per heavy atom. The standard InChI is InChI=1S/C7H13BrO2/c1-5-9-6(4-8)7(2,3)10-5/h5-6H,4H2,1-3H3. The van der Waals surface area contributed by atoms with Crippen molar-refractivity contribution in [1.82, 2.24) is 0 Å². The van der Waals surface area contributed by atoms with Crippen molar-refractivity contribution < 1.29 is 9.47 Å². The minimum absolute atomic E-state index is 0.0578. The van der Waals surface area contributed by atoms with Gasteiger partial charge in [-0.05, 0) is 20.8 Å². The van der Waals surface area contributed by atoms with Crippen molar-refractivity contribution in [1.29, 1.82) is 0 Å². The molecule has 0 bridgehead atoms. The van der Waals surface area contributed by atoms with Gasteiger partial charge in [0.05, 0.1) is 11.7 Å². The van der Waals surface area contributed by atoms with Crippen molar-refractivity contribution >= 4 is 15.9 Å². The Balaban J connectivity index is 2.58. The van der Waals surface area contributed by atoms with E-state index in [0.29, 0.717) is 0 Å². The van der Waals surface area contributed by atoms with Gasteiger partial charge in [-0.2, -0.15) is 0 Å². The van der Waals surface area contributed by atoms with Crippen LogP contribution in [0.4, 0.5) is 0 Å². The maximum absolute atomic E-state index is 5.50. The van der Waals surface area contributed by atoms with E-state index in [0.717, 1.165) is 5.33 Å². The zero-order valence-corrected chi connectivity index (χ0v) is 8.14. The van der Waals surface area contributed by atoms with Crippen LogP contribution in [0.3, 0.4) is 0 Å². The fourth-order valence-electron chi connectivity index (χ4n) is 1.15. The summed E-state index contributed by atoms with van der Waals surface area (Å²) in [5.74, 6) is 0. The summed E-state index contributed by atoms with van der Waals surface area (Å²) in [6.07, 6.45) is 0.125. The Bertz CT molecular complexity index is 125. The smallest absolute Gasteiger partial charge is 0.156 e. The molecule has 0 aromatic heterocycles. The first-order valence-electron chi connectivity index (χ1n) is 3.45. The molecule has 1 saturated heterocycles. The van der Waals surface area contributed by atoms with Gasteiger partial charge >= 0.3 is 0 Å². The number of alkyl halides is 1. The second-order valence-corrected chi connectivity index (χ2v) is 3.72. The molecule has 2 nitrogen and oxygen atoms in total. The van der Waals surface area contributed by atoms with E-state index in [4.69, 9.17) is 9.47 Å². The number of rotatable bonds is 1. The number of halogens is 1. The molecule has 1 aliphatic heterocycles. The summed E-state index contributed by atoms with van der Waals surface area (Å²) < 4.78 is 11.0. The first-order chi connectivity index (χ1) is 4.56. The van der Waals surface area contributed by atoms with E-state index < -0.39 is 0 Å². The van der Waals surface area contributed by atoms with Crippen LogP contribution in [0.1, 0.15) is 20.8 Å². The van der Waals surface area contributed by atoms with Gasteiger partial charge in [-0.15, -0.1) is 0 Å². The second kappa shape index (κ2) is 2.80. The average molecular weight is 209 g/mol. The molecule has 0 aromatic rings. The Labute approximate surface area is 70.0 Å². The molecule has 2 atom stereocenters. The predicted octanol–water partition coefficient (Wildman–Crippen LogP) is 1.92. The topological polar surface area (TPSA) is 18.5 Å². The second-order valence-electron chi connectivity index (χ2n) is 3.07. The SMILES string of the molecule is CC1OC(CBr)C(C)(C)O1. The summed E-state index contributed by atoms with van der Waals surface area (Å²) in [5, 5.41) is 0.838. The monoisotopic (exact) mass is 208 g/mol. The molecule has 0 N–H and O–H groups in total. The molecule has 0 saturated carbocycles. The Morgan fingerprint density at radius 2 is 2.10 bits per heavy atom. The van der Waals surface area contributed by atoms with Gasteiger partial charge < -0.3 is 9.47 Å². The van der Waals surface area contributed by atoms with E-state index in [1.165, 1.54) is 0 Å². The van der Waals surface area contributed by atoms with Crippen LogP contribution in [0.2, 0.25) is 0 Å². The number of hydrogen-bond donors (Lipinski definition) is 0. The van der Waals surface area contributed by atoms with E-state index in [1.54, 1.807) is 0 Å². The van der Waals surface area contributed by atoms with Gasteiger partial charge in [-0.3, -0.25) is 0 Å². The van der Waals surface area contributed by atoms with Crippen molar-refractivity contribution in [3.63, 3.8) is 0 Å². The highest BCUT2D eigenvalue weighted by atomic mass is 79.9. The third-order valence-corrected chi connectivity index (χ3v) is 2.33. The van der Waals surface area contributed by atoms with Crippen molar-refractivity contribution in [2.45, 2.75) is 38.8 Å². The molecule has 0 aliphatic carbocycles. The molecule has 3 heteroatoms. The lowest BCUT2D eigenvalue weighted by Crippen LogP contribution is -2.33. The molecule has 0 spiro atoms. The lowest BCUT2D eigenvalue weighted by atomic mass is 10.0. The van der Waals surface area contributed by atoms with Crippen molar-refractivity contribution in [2.24, 2.45) is 0 Å². The van der Waals surface area contributed by atoms with Gasteiger partial charge in [0.1, 0.15) is 0 Å². The zero-order chi connectivity index (χ0) is 7.78. The quantitative estimate of drug-likeness (QED) is 0.614. The molecule has 1 fully saturated rings. The molecular formula is C7H13BrO2. The third kappa shape index (κ3) is 1.52. The van der Waals surface area contributed by atoms with Gasteiger partial charge in [0.2, 0.25) is 0 Å². The van der Waals surface area contributed by atoms with Crippen molar-refractivity contribution in [2.75, 3.05) is 5.33 Å². The fraction of sp³-hybridized carbons (Fsp3) is 1.00. The molecule has 0 aromatic carbocycles. The summed E-state index contributed by atoms with van der Waals surface area (Å²) in [5.41, 5.74) is -0.136. The third-order valence-electron chi connectivity index (χ3n) is 1.74. The van der Waals surface area contributed by atoms with E-state index in [-0.39, 0.29) is 18.0 Å². The molecule has 1 rings (SSSR count). The van der Waals surface area contributed by atoms with Crippen LogP contribution < -0.4 is 0 Å². The number of hydrogen-bond acceptors (Lipinski definition) is 2. The van der Waals surface area contributed by atoms with Crippen LogP contribution >= 0.6 is 15.9 Å². The maximum Gasteiger partial charge on any atom is 0.156 e. The fourth-order valence-corrected chi connectivity index (χ4v) is 2.08. The first-order valence-corrected chi connectivity index (χ1v) is 4.57. The normalized spacial score (nSPS) is 38.4. The van der Waals surface area contributed by atoms with E-state index >= 15 is 0 Å². The molecule has 0 radical (unpaired) electrons. The summed E-state index contributed by atoms with van der Waals surface area (Å²) in [4.78, 5) is 0. The highest BCUT2D eigenvalue weighted by Crippen LogP contribution is 2.29. The summed E-state index contributed by atoms with van der Waals surface area (Å²) in [6, 6.07) is 0. The van der Waals surface area contributed by atoms with Crippen LogP contribution in [0, 0.1) is 0 Å². The van der Waals surface area contributed by atoms with Gasteiger partial charge in [-0.1, -0.05) is 15.9 Å². The van der Waals surface area contributed by atoms with Crippen LogP contribution in [0.5, 0.6) is 0 Å². The molecule has 1 heterocycles. The van der Waals surface area contributed by atoms with Crippen LogP contribution in [-0.2, 0) is 9.47 Å². The average Bonchev–Trinajstić information content (AvgIpc) is 2.04. The van der Waals surface area contributed by atoms with Gasteiger partial charge in [0.25, 0.3) is 0 Å². The highest BCUT2D eigenvalue weighted by Gasteiger charge is 2.39. The highest BCUT2D eigenvalue weighted by molar-refractivity contribution is 9.09. The van der Waals surface area contributed by atoms with Crippen molar-refractivity contribution in [3.8, 4) is 0 Å². The minimum Gasteiger partial charge on any atom is -0.346 e. The van der Waals surface area contributed by atoms with Crippen molar-refractivity contribution in [3.05, 3.63) is 0 Å². The molecule has 0 amide bonds. The van der Waals surface area contributed by atoms with E-state index in [2.05, 4.69) is 15.9 Å². The molecule has 2 unspecified atom stereocenters. The summed E-state index contributed by atoms with van der Waals surface area (Å²) in [6.45, 7) is 6.01. The number of ether oxygens (including phenoxy) is 2. The van der Waals surface area contributed by atoms with E-state index in [1.807, 2.05) is 20.8 Å². The van der Waals surface area contributed by atoms with Crippen LogP contribution in [0.15, 0.2) is 0 Å². The lowest BCUT2D eigenvalue weighted by molar-refractivity contribution is -0.0658. The Kier molecular flexibility index (Phi) is 2.38. The van der Waals surface area contributed by atoms with E-state index in [9.17, 15) is 0 Å². The van der Waals surface area contributed by atoms with Gasteiger partial charge in [0.15, 0.2) is 6.29 Å². The van der Waals surface area contributed by atoms with Crippen LogP contribution in [0.25, 0.3) is 0 Å². The summed E-state index contributed by atoms with van der Waals surface area (Å²) in [7, 11) is 0. The van der Waals surface area contributed by atoms with Gasteiger partial charge in [-0.25, -0.2) is 0 Å². The lowest BCUT2D eigenvalue weighted by Gasteiger charge is -2.21. The largest absolute Gasteiger partial charge is 0.346 e. The molecule has 60 valence electrons. The van der Waals surface area contributed by atoms with Crippen LogP contribution in [-0.4, -0.2) is 23.3 Å². The summed E-state index contributed by atoms with van der Waals surface area (Å²) >= 11 is 3.37. The minimum atomic E-state index is -0.136. The Morgan fingerprint density at radius 3 is 2.30 bits per heavy atom. The Hall–Kier alpha value is 0.400. The zero-order valence-electron chi connectivity index (χ0n) is 6.56. The molecule has 1 aliphatic rings. The molecular weight excluding hydrogens is 196 g/mol. The molecule has 10 heavy (non-hydrogen) atoms. The predicted molar refractivity (Wildman–Crippen MR) is 43.3 cm³/mol.